The van der Waals surface area contributed by atoms with E-state index in [1.54, 1.807) is 35.1 Å². The van der Waals surface area contributed by atoms with Crippen molar-refractivity contribution in [1.82, 2.24) is 9.78 Å². The molecule has 3 nitrogen and oxygen atoms in total. The number of aliphatic hydroxyl groups excluding tert-OH is 1. The fraction of sp³-hybridized carbons (Fsp3) is 0.0625. The number of hydrogen-bond acceptors (Lipinski definition) is 2. The van der Waals surface area contributed by atoms with Crippen LogP contribution in [0.15, 0.2) is 66.9 Å². The van der Waals surface area contributed by atoms with Crippen LogP contribution in [-0.4, -0.2) is 14.9 Å². The Hall–Kier alpha value is -2.46. The van der Waals surface area contributed by atoms with Gasteiger partial charge in [-0.15, -0.1) is 0 Å². The van der Waals surface area contributed by atoms with E-state index in [0.29, 0.717) is 5.69 Å². The van der Waals surface area contributed by atoms with E-state index in [1.165, 1.54) is 6.07 Å². The zero-order valence-electron chi connectivity index (χ0n) is 10.6. The molecule has 0 spiro atoms. The van der Waals surface area contributed by atoms with E-state index in [4.69, 9.17) is 0 Å². The Bertz CT molecular complexity index is 709. The first-order chi connectivity index (χ1) is 9.75. The second kappa shape index (κ2) is 5.27. The van der Waals surface area contributed by atoms with Crippen molar-refractivity contribution in [1.29, 1.82) is 0 Å². The molecule has 1 aromatic heterocycles. The van der Waals surface area contributed by atoms with Crippen LogP contribution in [0.5, 0.6) is 0 Å². The quantitative estimate of drug-likeness (QED) is 0.792. The van der Waals surface area contributed by atoms with Gasteiger partial charge >= 0.3 is 0 Å². The molecule has 1 unspecified atom stereocenters. The lowest BCUT2D eigenvalue weighted by Gasteiger charge is -2.09. The summed E-state index contributed by atoms with van der Waals surface area (Å²) in [6.45, 7) is 0. The molecule has 0 aliphatic rings. The predicted octanol–water partition coefficient (Wildman–Crippen LogP) is 3.09. The summed E-state index contributed by atoms with van der Waals surface area (Å²) in [6.07, 6.45) is 0.676. The van der Waals surface area contributed by atoms with Gasteiger partial charge in [0.05, 0.1) is 11.4 Å². The van der Waals surface area contributed by atoms with Crippen LogP contribution in [-0.2, 0) is 0 Å². The molecule has 1 heterocycles. The van der Waals surface area contributed by atoms with Crippen molar-refractivity contribution in [2.75, 3.05) is 0 Å². The first-order valence-corrected chi connectivity index (χ1v) is 6.29. The molecule has 20 heavy (non-hydrogen) atoms. The van der Waals surface area contributed by atoms with Crippen molar-refractivity contribution in [3.8, 4) is 5.69 Å². The third kappa shape index (κ3) is 2.33. The van der Waals surface area contributed by atoms with Gasteiger partial charge < -0.3 is 5.11 Å². The maximum Gasteiger partial charge on any atom is 0.129 e. The number of hydrogen-bond donors (Lipinski definition) is 1. The number of aromatic nitrogens is 2. The minimum absolute atomic E-state index is 0.228. The molecule has 0 amide bonds. The van der Waals surface area contributed by atoms with E-state index in [1.807, 2.05) is 30.3 Å². The maximum absolute atomic E-state index is 13.7. The van der Waals surface area contributed by atoms with Crippen molar-refractivity contribution < 1.29 is 9.50 Å². The van der Waals surface area contributed by atoms with Crippen molar-refractivity contribution >= 4 is 0 Å². The highest BCUT2D eigenvalue weighted by molar-refractivity contribution is 5.32. The normalized spacial score (nSPS) is 12.3. The van der Waals surface area contributed by atoms with E-state index in [-0.39, 0.29) is 5.56 Å². The Labute approximate surface area is 115 Å². The summed E-state index contributed by atoms with van der Waals surface area (Å²) >= 11 is 0. The van der Waals surface area contributed by atoms with Crippen LogP contribution >= 0.6 is 0 Å². The van der Waals surface area contributed by atoms with Crippen LogP contribution in [0.4, 0.5) is 4.39 Å². The molecule has 0 radical (unpaired) electrons. The molecule has 0 saturated carbocycles. The molecule has 0 fully saturated rings. The minimum atomic E-state index is -1.07. The second-order valence-electron chi connectivity index (χ2n) is 4.44. The first kappa shape index (κ1) is 12.6. The molecule has 100 valence electrons. The Kier molecular flexibility index (Phi) is 3.31. The van der Waals surface area contributed by atoms with Gasteiger partial charge in [-0.1, -0.05) is 36.4 Å². The lowest BCUT2D eigenvalue weighted by atomic mass is 10.1. The van der Waals surface area contributed by atoms with E-state index >= 15 is 0 Å². The first-order valence-electron chi connectivity index (χ1n) is 6.29. The van der Waals surface area contributed by atoms with Crippen molar-refractivity contribution in [3.05, 3.63) is 83.9 Å². The van der Waals surface area contributed by atoms with Gasteiger partial charge in [-0.2, -0.15) is 5.10 Å². The second-order valence-corrected chi connectivity index (χ2v) is 4.44. The molecule has 3 rings (SSSR count). The van der Waals surface area contributed by atoms with Crippen molar-refractivity contribution in [2.24, 2.45) is 0 Å². The molecule has 2 aromatic carbocycles. The van der Waals surface area contributed by atoms with Crippen LogP contribution < -0.4 is 0 Å². The Balaban J connectivity index is 1.93. The van der Waals surface area contributed by atoms with Gasteiger partial charge in [-0.25, -0.2) is 9.07 Å². The van der Waals surface area contributed by atoms with Crippen molar-refractivity contribution in [3.63, 3.8) is 0 Å². The summed E-state index contributed by atoms with van der Waals surface area (Å²) in [5.41, 5.74) is 1.53. The fourth-order valence-corrected chi connectivity index (χ4v) is 2.06. The fourth-order valence-electron chi connectivity index (χ4n) is 2.06. The van der Waals surface area contributed by atoms with Gasteiger partial charge in [0.2, 0.25) is 0 Å². The topological polar surface area (TPSA) is 38.0 Å². The van der Waals surface area contributed by atoms with E-state index in [2.05, 4.69) is 5.10 Å². The van der Waals surface area contributed by atoms with Crippen LogP contribution in [0.25, 0.3) is 5.69 Å². The summed E-state index contributed by atoms with van der Waals surface area (Å²) in [5, 5.41) is 14.5. The number of benzene rings is 2. The summed E-state index contributed by atoms with van der Waals surface area (Å²) in [7, 11) is 0. The largest absolute Gasteiger partial charge is 0.382 e. The average Bonchev–Trinajstić information content (AvgIpc) is 2.98. The van der Waals surface area contributed by atoms with E-state index < -0.39 is 11.9 Å². The van der Waals surface area contributed by atoms with Gasteiger partial charge in [0.15, 0.2) is 0 Å². The lowest BCUT2D eigenvalue weighted by Crippen LogP contribution is -2.04. The molecular formula is C16H13FN2O. The highest BCUT2D eigenvalue weighted by Crippen LogP contribution is 2.23. The smallest absolute Gasteiger partial charge is 0.129 e. The summed E-state index contributed by atoms with van der Waals surface area (Å²) in [4.78, 5) is 0. The molecule has 1 N–H and O–H groups in total. The van der Waals surface area contributed by atoms with E-state index in [9.17, 15) is 9.50 Å². The Morgan fingerprint density at radius 3 is 2.40 bits per heavy atom. The van der Waals surface area contributed by atoms with Crippen LogP contribution in [0.1, 0.15) is 17.4 Å². The molecule has 3 aromatic rings. The zero-order chi connectivity index (χ0) is 13.9. The van der Waals surface area contributed by atoms with Gasteiger partial charge in [-0.3, -0.25) is 0 Å². The standard InChI is InChI=1S/C16H13FN2O/c17-14-9-5-4-8-13(14)16(20)15-10-11-19(18-15)12-6-2-1-3-7-12/h1-11,16,20H. The Morgan fingerprint density at radius 1 is 0.950 bits per heavy atom. The highest BCUT2D eigenvalue weighted by atomic mass is 19.1. The predicted molar refractivity (Wildman–Crippen MR) is 74.0 cm³/mol. The summed E-state index contributed by atoms with van der Waals surface area (Å²) < 4.78 is 15.3. The number of nitrogens with zero attached hydrogens (tertiary/aromatic N) is 2. The summed E-state index contributed by atoms with van der Waals surface area (Å²) in [6, 6.07) is 17.4. The third-order valence-electron chi connectivity index (χ3n) is 3.11. The SMILES string of the molecule is OC(c1ccn(-c2ccccc2)n1)c1ccccc1F. The minimum Gasteiger partial charge on any atom is -0.382 e. The Morgan fingerprint density at radius 2 is 1.65 bits per heavy atom. The van der Waals surface area contributed by atoms with Crippen LogP contribution in [0, 0.1) is 5.82 Å². The maximum atomic E-state index is 13.7. The van der Waals surface area contributed by atoms with Gasteiger partial charge in [0.1, 0.15) is 11.9 Å². The molecule has 0 aliphatic carbocycles. The van der Waals surface area contributed by atoms with Gasteiger partial charge in [-0.05, 0) is 24.3 Å². The summed E-state index contributed by atoms with van der Waals surface area (Å²) in [5.74, 6) is -0.436. The van der Waals surface area contributed by atoms with Gasteiger partial charge in [0, 0.05) is 11.8 Å². The number of aliphatic hydroxyl groups is 1. The van der Waals surface area contributed by atoms with Crippen LogP contribution in [0.3, 0.4) is 0 Å². The van der Waals surface area contributed by atoms with Crippen LogP contribution in [0.2, 0.25) is 0 Å². The monoisotopic (exact) mass is 268 g/mol. The third-order valence-corrected chi connectivity index (χ3v) is 3.11. The number of para-hydroxylation sites is 1. The zero-order valence-corrected chi connectivity index (χ0v) is 10.6. The number of halogens is 1. The molecule has 0 bridgehead atoms. The lowest BCUT2D eigenvalue weighted by molar-refractivity contribution is 0.209. The molecule has 1 atom stereocenters. The molecule has 0 aliphatic heterocycles. The molecular weight excluding hydrogens is 255 g/mol. The highest BCUT2D eigenvalue weighted by Gasteiger charge is 2.17. The number of rotatable bonds is 3. The molecule has 4 heteroatoms. The molecule has 0 saturated heterocycles. The van der Waals surface area contributed by atoms with Gasteiger partial charge in [0.25, 0.3) is 0 Å². The van der Waals surface area contributed by atoms with E-state index in [0.717, 1.165) is 5.69 Å². The average molecular weight is 268 g/mol. The van der Waals surface area contributed by atoms with Crippen molar-refractivity contribution in [2.45, 2.75) is 6.10 Å².